The lowest BCUT2D eigenvalue weighted by molar-refractivity contribution is -0.116. The van der Waals surface area contributed by atoms with E-state index in [1.165, 1.54) is 6.07 Å². The first-order chi connectivity index (χ1) is 13.8. The predicted molar refractivity (Wildman–Crippen MR) is 106 cm³/mol. The molecule has 0 saturated carbocycles. The number of H-pyrrole nitrogens is 1. The van der Waals surface area contributed by atoms with Crippen LogP contribution in [0.1, 0.15) is 19.4 Å². The van der Waals surface area contributed by atoms with Gasteiger partial charge in [0.1, 0.15) is 5.82 Å². The number of carbonyl (C=O) groups excluding carboxylic acids is 2. The maximum atomic E-state index is 14.1. The van der Waals surface area contributed by atoms with E-state index in [-0.39, 0.29) is 23.1 Å². The van der Waals surface area contributed by atoms with Gasteiger partial charge in [0, 0.05) is 22.2 Å². The molecular formula is C22H17FN2O4. The van der Waals surface area contributed by atoms with Crippen LogP contribution in [-0.2, 0) is 9.53 Å². The van der Waals surface area contributed by atoms with Crippen LogP contribution in [0.3, 0.4) is 0 Å². The Morgan fingerprint density at radius 2 is 1.83 bits per heavy atom. The van der Waals surface area contributed by atoms with Crippen molar-refractivity contribution in [1.29, 1.82) is 0 Å². The van der Waals surface area contributed by atoms with Crippen molar-refractivity contribution in [3.8, 4) is 11.3 Å². The third kappa shape index (κ3) is 3.31. The van der Waals surface area contributed by atoms with Gasteiger partial charge in [-0.1, -0.05) is 38.1 Å². The number of benzene rings is 2. The van der Waals surface area contributed by atoms with Crippen LogP contribution in [0, 0.1) is 11.7 Å². The number of cyclic esters (lactones) is 1. The van der Waals surface area contributed by atoms with Gasteiger partial charge in [-0.15, -0.1) is 0 Å². The van der Waals surface area contributed by atoms with E-state index in [0.29, 0.717) is 22.2 Å². The maximum Gasteiger partial charge on any atom is 0.419 e. The summed E-state index contributed by atoms with van der Waals surface area (Å²) in [4.78, 5) is 38.9. The van der Waals surface area contributed by atoms with Crippen molar-refractivity contribution in [1.82, 2.24) is 10.3 Å². The molecule has 6 nitrogen and oxygen atoms in total. The number of amides is 2. The number of hydrogen-bond acceptors (Lipinski definition) is 4. The summed E-state index contributed by atoms with van der Waals surface area (Å²) in [5.74, 6) is -1.43. The Bertz CT molecular complexity index is 1260. The topological polar surface area (TPSA) is 88.3 Å². The second kappa shape index (κ2) is 7.01. The van der Waals surface area contributed by atoms with Crippen molar-refractivity contribution >= 4 is 28.3 Å². The first-order valence-corrected chi connectivity index (χ1v) is 9.05. The van der Waals surface area contributed by atoms with Gasteiger partial charge in [-0.05, 0) is 41.1 Å². The van der Waals surface area contributed by atoms with E-state index in [4.69, 9.17) is 4.74 Å². The largest absolute Gasteiger partial charge is 0.419 e. The number of allylic oxidation sites excluding steroid dienone is 1. The molecule has 0 spiro atoms. The fourth-order valence-corrected chi connectivity index (χ4v) is 3.44. The van der Waals surface area contributed by atoms with Crippen LogP contribution in [0.5, 0.6) is 0 Å². The number of halogens is 1. The van der Waals surface area contributed by atoms with Crippen molar-refractivity contribution in [3.63, 3.8) is 0 Å². The first-order valence-electron chi connectivity index (χ1n) is 9.05. The third-order valence-corrected chi connectivity index (χ3v) is 4.78. The molecule has 146 valence electrons. The minimum atomic E-state index is -0.866. The smallest absolute Gasteiger partial charge is 0.404 e. The highest BCUT2D eigenvalue weighted by molar-refractivity contribution is 6.11. The highest BCUT2D eigenvalue weighted by Gasteiger charge is 2.32. The van der Waals surface area contributed by atoms with E-state index >= 15 is 0 Å². The van der Waals surface area contributed by atoms with Crippen molar-refractivity contribution in [2.45, 2.75) is 13.8 Å². The second-order valence-electron chi connectivity index (χ2n) is 7.03. The standard InChI is InChI=1S/C22H17FN2O4/c1-11(2)18(19-21(27)25-22(28)29-19)14-8-9-17(24-20(14)26)13-7-6-12-4-3-5-16(23)15(12)10-13/h3-11H,1-2H3,(H,24,26)(H,25,27,28). The number of ether oxygens (including phenoxy) is 1. The molecule has 2 amide bonds. The summed E-state index contributed by atoms with van der Waals surface area (Å²) < 4.78 is 19.1. The molecule has 0 bridgehead atoms. The number of pyridine rings is 1. The molecule has 2 aromatic carbocycles. The number of rotatable bonds is 3. The molecule has 0 atom stereocenters. The highest BCUT2D eigenvalue weighted by atomic mass is 19.1. The minimum Gasteiger partial charge on any atom is -0.404 e. The van der Waals surface area contributed by atoms with Crippen molar-refractivity contribution < 1.29 is 18.7 Å². The zero-order chi connectivity index (χ0) is 20.7. The van der Waals surface area contributed by atoms with Crippen LogP contribution >= 0.6 is 0 Å². The average Bonchev–Trinajstić information content (AvgIpc) is 3.01. The van der Waals surface area contributed by atoms with Crippen molar-refractivity contribution in [2.75, 3.05) is 0 Å². The molecule has 3 aromatic rings. The van der Waals surface area contributed by atoms with Crippen LogP contribution in [0.4, 0.5) is 9.18 Å². The first kappa shape index (κ1) is 18.6. The molecule has 1 fully saturated rings. The van der Waals surface area contributed by atoms with Crippen LogP contribution < -0.4 is 10.9 Å². The summed E-state index contributed by atoms with van der Waals surface area (Å²) in [6.07, 6.45) is -0.866. The number of nitrogens with one attached hydrogen (secondary N) is 2. The molecule has 1 aromatic heterocycles. The van der Waals surface area contributed by atoms with Gasteiger partial charge in [-0.25, -0.2) is 9.18 Å². The Labute approximate surface area is 165 Å². The molecule has 7 heteroatoms. The third-order valence-electron chi connectivity index (χ3n) is 4.78. The summed E-state index contributed by atoms with van der Waals surface area (Å²) in [5, 5.41) is 3.26. The molecule has 1 saturated heterocycles. The molecule has 0 radical (unpaired) electrons. The Balaban J connectivity index is 1.82. The molecule has 4 rings (SSSR count). The summed E-state index contributed by atoms with van der Waals surface area (Å²) in [5.41, 5.74) is 1.28. The lowest BCUT2D eigenvalue weighted by atomic mass is 9.94. The zero-order valence-corrected chi connectivity index (χ0v) is 15.7. The van der Waals surface area contributed by atoms with E-state index in [9.17, 15) is 18.8 Å². The van der Waals surface area contributed by atoms with Crippen LogP contribution in [0.15, 0.2) is 59.1 Å². The number of alkyl carbamates (subject to hydrolysis) is 1. The van der Waals surface area contributed by atoms with E-state index in [2.05, 4.69) is 4.98 Å². The lowest BCUT2D eigenvalue weighted by Crippen LogP contribution is -2.20. The average molecular weight is 392 g/mol. The Hall–Kier alpha value is -3.74. The van der Waals surface area contributed by atoms with Gasteiger partial charge in [-0.2, -0.15) is 0 Å². The molecule has 1 aliphatic rings. The summed E-state index contributed by atoms with van der Waals surface area (Å²) in [6, 6.07) is 13.3. The SMILES string of the molecule is CC(C)C(=C1OC(=O)NC1=O)c1ccc(-c2ccc3cccc(F)c3c2)[nH]c1=O. The number of imide groups is 1. The van der Waals surface area contributed by atoms with Crippen LogP contribution in [-0.4, -0.2) is 17.0 Å². The second-order valence-corrected chi connectivity index (χ2v) is 7.03. The van der Waals surface area contributed by atoms with Gasteiger partial charge >= 0.3 is 6.09 Å². The molecule has 1 aliphatic heterocycles. The molecule has 2 N–H and O–H groups in total. The summed E-state index contributed by atoms with van der Waals surface area (Å²) in [6.45, 7) is 3.59. The van der Waals surface area contributed by atoms with E-state index < -0.39 is 17.6 Å². The molecule has 0 unspecified atom stereocenters. The van der Waals surface area contributed by atoms with Gasteiger partial charge in [-0.3, -0.25) is 14.9 Å². The Morgan fingerprint density at radius 3 is 2.48 bits per heavy atom. The Kier molecular flexibility index (Phi) is 4.50. The predicted octanol–water partition coefficient (Wildman–Crippen LogP) is 3.97. The van der Waals surface area contributed by atoms with Gasteiger partial charge in [0.15, 0.2) is 0 Å². The van der Waals surface area contributed by atoms with E-state index in [0.717, 1.165) is 5.39 Å². The number of fused-ring (bicyclic) bond motifs is 1. The van der Waals surface area contributed by atoms with Gasteiger partial charge in [0.25, 0.3) is 11.5 Å². The summed E-state index contributed by atoms with van der Waals surface area (Å²) >= 11 is 0. The highest BCUT2D eigenvalue weighted by Crippen LogP contribution is 2.29. The molecule has 0 aliphatic carbocycles. The minimum absolute atomic E-state index is 0.170. The van der Waals surface area contributed by atoms with Crippen LogP contribution in [0.25, 0.3) is 27.6 Å². The maximum absolute atomic E-state index is 14.1. The zero-order valence-electron chi connectivity index (χ0n) is 15.7. The number of aromatic amines is 1. The number of aromatic nitrogens is 1. The number of carbonyl (C=O) groups is 2. The van der Waals surface area contributed by atoms with Crippen molar-refractivity contribution in [2.24, 2.45) is 5.92 Å². The van der Waals surface area contributed by atoms with Gasteiger partial charge < -0.3 is 9.72 Å². The van der Waals surface area contributed by atoms with Gasteiger partial charge in [0.05, 0.1) is 0 Å². The molecule has 29 heavy (non-hydrogen) atoms. The molecular weight excluding hydrogens is 375 g/mol. The fourth-order valence-electron chi connectivity index (χ4n) is 3.44. The fraction of sp³-hybridized carbons (Fsp3) is 0.136. The molecule has 2 heterocycles. The normalized spacial score (nSPS) is 15.6. The van der Waals surface area contributed by atoms with E-state index in [1.807, 2.05) is 11.4 Å². The monoisotopic (exact) mass is 392 g/mol. The number of hydrogen-bond donors (Lipinski definition) is 2. The summed E-state index contributed by atoms with van der Waals surface area (Å²) in [7, 11) is 0. The quantitative estimate of drug-likeness (QED) is 0.660. The Morgan fingerprint density at radius 1 is 1.03 bits per heavy atom. The van der Waals surface area contributed by atoms with Gasteiger partial charge in [0.2, 0.25) is 5.76 Å². The van der Waals surface area contributed by atoms with Crippen LogP contribution in [0.2, 0.25) is 0 Å². The lowest BCUT2D eigenvalue weighted by Gasteiger charge is -2.13. The van der Waals surface area contributed by atoms with E-state index in [1.54, 1.807) is 50.2 Å². The van der Waals surface area contributed by atoms with Crippen molar-refractivity contribution in [3.05, 3.63) is 76.0 Å².